The highest BCUT2D eigenvalue weighted by molar-refractivity contribution is 5.63. The van der Waals surface area contributed by atoms with Crippen LogP contribution < -0.4 is 5.73 Å². The largest absolute Gasteiger partial charge is 0.419 e. The first-order chi connectivity index (χ1) is 12.7. The van der Waals surface area contributed by atoms with Crippen molar-refractivity contribution in [2.75, 3.05) is 5.73 Å². The molecule has 5 nitrogen and oxygen atoms in total. The monoisotopic (exact) mass is 375 g/mol. The van der Waals surface area contributed by atoms with Crippen LogP contribution in [0.15, 0.2) is 18.3 Å². The van der Waals surface area contributed by atoms with Gasteiger partial charge in [0.1, 0.15) is 5.82 Å². The molecule has 2 fully saturated rings. The van der Waals surface area contributed by atoms with E-state index in [9.17, 15) is 13.2 Å². The number of nitrogens with zero attached hydrogens (tertiary/aromatic N) is 4. The number of hydrogen-bond donors (Lipinski definition) is 1. The van der Waals surface area contributed by atoms with E-state index in [-0.39, 0.29) is 12.0 Å². The van der Waals surface area contributed by atoms with Crippen molar-refractivity contribution in [3.8, 4) is 17.3 Å². The third-order valence-corrected chi connectivity index (χ3v) is 5.74. The van der Waals surface area contributed by atoms with Gasteiger partial charge < -0.3 is 5.73 Å². The molecule has 0 amide bonds. The number of nitriles is 1. The molecule has 8 heteroatoms. The van der Waals surface area contributed by atoms with Crippen molar-refractivity contribution >= 4 is 5.82 Å². The van der Waals surface area contributed by atoms with E-state index in [0.29, 0.717) is 29.0 Å². The van der Waals surface area contributed by atoms with Crippen molar-refractivity contribution in [2.24, 2.45) is 17.8 Å². The van der Waals surface area contributed by atoms with Gasteiger partial charge >= 0.3 is 6.18 Å². The molecule has 27 heavy (non-hydrogen) atoms. The molecule has 4 atom stereocenters. The van der Waals surface area contributed by atoms with Gasteiger partial charge in [-0.1, -0.05) is 0 Å². The summed E-state index contributed by atoms with van der Waals surface area (Å²) in [6.45, 7) is 4.00. The van der Waals surface area contributed by atoms with Crippen molar-refractivity contribution in [2.45, 2.75) is 44.8 Å². The summed E-state index contributed by atoms with van der Waals surface area (Å²) >= 11 is 0. The highest BCUT2D eigenvalue weighted by Gasteiger charge is 2.58. The summed E-state index contributed by atoms with van der Waals surface area (Å²) in [5.41, 5.74) is 6.27. The molecule has 2 aliphatic carbocycles. The van der Waals surface area contributed by atoms with Gasteiger partial charge in [-0.15, -0.1) is 0 Å². The molecule has 2 aliphatic rings. The van der Waals surface area contributed by atoms with E-state index in [4.69, 9.17) is 11.0 Å². The SMILES string of the molecule is CC(C)n1nc(-c2cnc(N)c(C(F)(F)F)c2)cc1[C@H]1[C@@H]2C[C@H](C#N)C[C@@H]21. The van der Waals surface area contributed by atoms with Crippen molar-refractivity contribution < 1.29 is 13.2 Å². The highest BCUT2D eigenvalue weighted by atomic mass is 19.4. The van der Waals surface area contributed by atoms with Crippen LogP contribution in [0, 0.1) is 29.1 Å². The van der Waals surface area contributed by atoms with Gasteiger partial charge in [-0.2, -0.15) is 23.5 Å². The van der Waals surface area contributed by atoms with Gasteiger partial charge in [0.2, 0.25) is 0 Å². The fourth-order valence-electron chi connectivity index (χ4n) is 4.44. The number of hydrogen-bond acceptors (Lipinski definition) is 4. The number of halogens is 3. The van der Waals surface area contributed by atoms with E-state index in [1.807, 2.05) is 24.6 Å². The lowest BCUT2D eigenvalue weighted by Crippen LogP contribution is -2.10. The minimum Gasteiger partial charge on any atom is -0.383 e. The average molecular weight is 375 g/mol. The maximum Gasteiger partial charge on any atom is 0.419 e. The molecule has 0 aromatic carbocycles. The van der Waals surface area contributed by atoms with E-state index in [0.717, 1.165) is 24.6 Å². The van der Waals surface area contributed by atoms with Crippen LogP contribution in [0.3, 0.4) is 0 Å². The Morgan fingerprint density at radius 3 is 2.48 bits per heavy atom. The number of fused-ring (bicyclic) bond motifs is 1. The molecule has 0 spiro atoms. The van der Waals surface area contributed by atoms with E-state index in [1.54, 1.807) is 0 Å². The summed E-state index contributed by atoms with van der Waals surface area (Å²) in [6.07, 6.45) is -1.44. The number of nitrogens with two attached hydrogens (primary N) is 1. The maximum absolute atomic E-state index is 13.1. The van der Waals surface area contributed by atoms with Gasteiger partial charge in [0, 0.05) is 35.3 Å². The molecule has 0 radical (unpaired) electrons. The Bertz CT molecular complexity index is 912. The summed E-state index contributed by atoms with van der Waals surface area (Å²) in [5.74, 6) is 0.886. The van der Waals surface area contributed by atoms with Crippen LogP contribution in [0.25, 0.3) is 11.3 Å². The van der Waals surface area contributed by atoms with Crippen molar-refractivity contribution in [3.05, 3.63) is 29.6 Å². The first kappa shape index (κ1) is 17.8. The highest BCUT2D eigenvalue weighted by Crippen LogP contribution is 2.65. The minimum atomic E-state index is -4.56. The lowest BCUT2D eigenvalue weighted by molar-refractivity contribution is -0.137. The van der Waals surface area contributed by atoms with Crippen molar-refractivity contribution in [1.82, 2.24) is 14.8 Å². The molecule has 2 heterocycles. The topological polar surface area (TPSA) is 80.5 Å². The summed E-state index contributed by atoms with van der Waals surface area (Å²) in [4.78, 5) is 3.72. The summed E-state index contributed by atoms with van der Waals surface area (Å²) in [7, 11) is 0. The zero-order chi connectivity index (χ0) is 19.5. The van der Waals surface area contributed by atoms with Gasteiger partial charge in [0.15, 0.2) is 0 Å². The van der Waals surface area contributed by atoms with Gasteiger partial charge in [0.25, 0.3) is 0 Å². The molecule has 2 aromatic heterocycles. The van der Waals surface area contributed by atoms with Crippen LogP contribution in [0.5, 0.6) is 0 Å². The first-order valence-corrected chi connectivity index (χ1v) is 9.02. The van der Waals surface area contributed by atoms with E-state index in [1.165, 1.54) is 6.20 Å². The van der Waals surface area contributed by atoms with Crippen LogP contribution >= 0.6 is 0 Å². The molecule has 2 N–H and O–H groups in total. The van der Waals surface area contributed by atoms with Gasteiger partial charge in [-0.3, -0.25) is 4.68 Å². The quantitative estimate of drug-likeness (QED) is 0.863. The smallest absolute Gasteiger partial charge is 0.383 e. The Morgan fingerprint density at radius 1 is 1.26 bits per heavy atom. The Kier molecular flexibility index (Phi) is 3.95. The Labute approximate surface area is 155 Å². The van der Waals surface area contributed by atoms with E-state index >= 15 is 0 Å². The summed E-state index contributed by atoms with van der Waals surface area (Å²) in [5, 5.41) is 13.7. The molecule has 2 aromatic rings. The van der Waals surface area contributed by atoms with Crippen LogP contribution in [0.4, 0.5) is 19.0 Å². The molecule has 0 saturated heterocycles. The number of aromatic nitrogens is 3. The summed E-state index contributed by atoms with van der Waals surface area (Å²) < 4.78 is 41.3. The number of pyridine rings is 1. The fraction of sp³-hybridized carbons (Fsp3) is 0.526. The Balaban J connectivity index is 1.70. The second kappa shape index (κ2) is 5.98. The molecular weight excluding hydrogens is 355 g/mol. The first-order valence-electron chi connectivity index (χ1n) is 9.02. The third-order valence-electron chi connectivity index (χ3n) is 5.74. The Hall–Kier alpha value is -2.56. The van der Waals surface area contributed by atoms with Crippen LogP contribution in [-0.2, 0) is 6.18 Å². The average Bonchev–Trinajstić information content (AvgIpc) is 2.99. The van der Waals surface area contributed by atoms with Crippen molar-refractivity contribution in [1.29, 1.82) is 5.26 Å². The fourth-order valence-corrected chi connectivity index (χ4v) is 4.44. The van der Waals surface area contributed by atoms with Gasteiger partial charge in [-0.05, 0) is 50.7 Å². The summed E-state index contributed by atoms with van der Waals surface area (Å²) in [6, 6.07) is 5.32. The molecule has 2 saturated carbocycles. The van der Waals surface area contributed by atoms with E-state index in [2.05, 4.69) is 16.2 Å². The lowest BCUT2D eigenvalue weighted by Gasteiger charge is -2.13. The van der Waals surface area contributed by atoms with Crippen LogP contribution in [0.1, 0.15) is 49.9 Å². The second-order valence-electron chi connectivity index (χ2n) is 7.80. The zero-order valence-electron chi connectivity index (χ0n) is 15.0. The Morgan fingerprint density at radius 2 is 1.93 bits per heavy atom. The molecule has 0 unspecified atom stereocenters. The molecule has 0 bridgehead atoms. The lowest BCUT2D eigenvalue weighted by atomic mass is 9.99. The number of alkyl halides is 3. The van der Waals surface area contributed by atoms with Gasteiger partial charge in [-0.25, -0.2) is 4.98 Å². The van der Waals surface area contributed by atoms with Crippen LogP contribution in [-0.4, -0.2) is 14.8 Å². The molecule has 0 aliphatic heterocycles. The molecular formula is C19H20F3N5. The predicted octanol–water partition coefficient (Wildman–Crippen LogP) is 4.39. The molecule has 142 valence electrons. The number of anilines is 1. The third kappa shape index (κ3) is 2.95. The second-order valence-corrected chi connectivity index (χ2v) is 7.80. The standard InChI is InChI=1S/C19H20F3N5/c1-9(2)27-16(17-12-3-10(7-23)4-13(12)17)6-15(26-27)11-5-14(19(20,21)22)18(24)25-8-11/h5-6,8-10,12-13,17H,3-4H2,1-2H3,(H2,24,25)/t10-,12+,13-,17-. The number of rotatable bonds is 3. The van der Waals surface area contributed by atoms with Crippen LogP contribution in [0.2, 0.25) is 0 Å². The van der Waals surface area contributed by atoms with Gasteiger partial charge in [0.05, 0.1) is 17.3 Å². The zero-order valence-corrected chi connectivity index (χ0v) is 15.0. The number of nitrogen functional groups attached to an aromatic ring is 1. The molecule has 4 rings (SSSR count). The predicted molar refractivity (Wildman–Crippen MR) is 93.3 cm³/mol. The maximum atomic E-state index is 13.1. The normalized spacial score (nSPS) is 26.9. The van der Waals surface area contributed by atoms with E-state index < -0.39 is 17.6 Å². The minimum absolute atomic E-state index is 0.0886. The van der Waals surface area contributed by atoms with Crippen molar-refractivity contribution in [3.63, 3.8) is 0 Å².